The Balaban J connectivity index is 1.91. The number of esters is 1. The molecule has 0 saturated carbocycles. The molecule has 0 bridgehead atoms. The van der Waals surface area contributed by atoms with Crippen molar-refractivity contribution in [3.05, 3.63) is 29.3 Å². The summed E-state index contributed by atoms with van der Waals surface area (Å²) >= 11 is 1.68. The molecule has 17 heavy (non-hydrogen) atoms. The summed E-state index contributed by atoms with van der Waals surface area (Å²) in [5, 5.41) is 0. The monoisotopic (exact) mass is 249 g/mol. The zero-order chi connectivity index (χ0) is 12.1. The summed E-state index contributed by atoms with van der Waals surface area (Å²) in [6.45, 7) is 0. The molecule has 0 amide bonds. The van der Waals surface area contributed by atoms with Crippen molar-refractivity contribution < 1.29 is 9.53 Å². The summed E-state index contributed by atoms with van der Waals surface area (Å²) in [6, 6.07) is 6.21. The van der Waals surface area contributed by atoms with Crippen LogP contribution in [-0.2, 0) is 16.0 Å². The van der Waals surface area contributed by atoms with Gasteiger partial charge in [-0.25, -0.2) is 4.98 Å². The van der Waals surface area contributed by atoms with Crippen molar-refractivity contribution in [2.75, 3.05) is 7.11 Å². The highest BCUT2D eigenvalue weighted by Crippen LogP contribution is 2.23. The molecule has 0 unspecified atom stereocenters. The predicted octanol–water partition coefficient (Wildman–Crippen LogP) is 3.18. The number of hydrogen-bond donors (Lipinski definition) is 0. The van der Waals surface area contributed by atoms with Gasteiger partial charge in [-0.05, 0) is 30.9 Å². The Hall–Kier alpha value is -1.42. The van der Waals surface area contributed by atoms with E-state index in [1.165, 1.54) is 17.4 Å². The van der Waals surface area contributed by atoms with Crippen LogP contribution in [-0.4, -0.2) is 18.1 Å². The van der Waals surface area contributed by atoms with E-state index in [9.17, 15) is 4.79 Å². The van der Waals surface area contributed by atoms with E-state index in [1.807, 2.05) is 17.6 Å². The number of hydrogen-bond acceptors (Lipinski definition) is 4. The van der Waals surface area contributed by atoms with Crippen LogP contribution in [0.25, 0.3) is 10.2 Å². The number of nitrogens with zero attached hydrogens (tertiary/aromatic N) is 1. The van der Waals surface area contributed by atoms with Crippen molar-refractivity contribution >= 4 is 27.5 Å². The van der Waals surface area contributed by atoms with Crippen LogP contribution < -0.4 is 0 Å². The quantitative estimate of drug-likeness (QED) is 0.603. The third-order valence-electron chi connectivity index (χ3n) is 2.74. The average molecular weight is 249 g/mol. The number of ether oxygens (including phenoxy) is 1. The summed E-state index contributed by atoms with van der Waals surface area (Å²) < 4.78 is 5.88. The minimum Gasteiger partial charge on any atom is -0.469 e. The maximum absolute atomic E-state index is 11.0. The summed E-state index contributed by atoms with van der Waals surface area (Å²) in [5.74, 6) is -0.124. The molecule has 2 aromatic rings. The second-order valence-corrected chi connectivity index (χ2v) is 4.76. The second kappa shape index (κ2) is 5.77. The lowest BCUT2D eigenvalue weighted by Crippen LogP contribution is -1.99. The maximum Gasteiger partial charge on any atom is 0.305 e. The first-order valence-corrected chi connectivity index (χ1v) is 6.57. The molecule has 0 aliphatic carbocycles. The van der Waals surface area contributed by atoms with Crippen LogP contribution in [0.2, 0.25) is 0 Å². The van der Waals surface area contributed by atoms with Crippen LogP contribution in [0.4, 0.5) is 0 Å². The normalized spacial score (nSPS) is 10.6. The van der Waals surface area contributed by atoms with Gasteiger partial charge in [0.25, 0.3) is 0 Å². The molecular formula is C13H15NO2S. The Bertz CT molecular complexity index is 507. The van der Waals surface area contributed by atoms with Gasteiger partial charge in [0, 0.05) is 6.42 Å². The van der Waals surface area contributed by atoms with E-state index in [4.69, 9.17) is 0 Å². The third kappa shape index (κ3) is 3.03. The van der Waals surface area contributed by atoms with Crippen molar-refractivity contribution in [1.82, 2.24) is 4.98 Å². The van der Waals surface area contributed by atoms with Gasteiger partial charge in [0.05, 0.1) is 22.8 Å². The molecule has 0 aliphatic heterocycles. The van der Waals surface area contributed by atoms with Crippen LogP contribution in [0.5, 0.6) is 0 Å². The number of thiazole rings is 1. The van der Waals surface area contributed by atoms with E-state index in [-0.39, 0.29) is 5.97 Å². The Kier molecular flexibility index (Phi) is 4.09. The third-order valence-corrected chi connectivity index (χ3v) is 3.66. The van der Waals surface area contributed by atoms with Gasteiger partial charge in [0.2, 0.25) is 0 Å². The van der Waals surface area contributed by atoms with Gasteiger partial charge in [-0.1, -0.05) is 12.1 Å². The molecule has 90 valence electrons. The van der Waals surface area contributed by atoms with Crippen molar-refractivity contribution in [3.8, 4) is 0 Å². The molecule has 0 spiro atoms. The molecule has 0 N–H and O–H groups in total. The Labute approximate surface area is 104 Å². The molecule has 1 aromatic carbocycles. The van der Waals surface area contributed by atoms with Crippen LogP contribution >= 0.6 is 11.3 Å². The number of carbonyl (C=O) groups excluding carboxylic acids is 1. The Morgan fingerprint density at radius 3 is 3.12 bits per heavy atom. The smallest absolute Gasteiger partial charge is 0.305 e. The highest BCUT2D eigenvalue weighted by atomic mass is 32.1. The van der Waals surface area contributed by atoms with Gasteiger partial charge >= 0.3 is 5.97 Å². The zero-order valence-electron chi connectivity index (χ0n) is 9.81. The van der Waals surface area contributed by atoms with Gasteiger partial charge in [0.1, 0.15) is 0 Å². The summed E-state index contributed by atoms with van der Waals surface area (Å²) in [4.78, 5) is 15.3. The fraction of sp³-hybridized carbons (Fsp3) is 0.385. The molecule has 1 heterocycles. The first-order chi connectivity index (χ1) is 8.31. The van der Waals surface area contributed by atoms with Gasteiger partial charge in [-0.15, -0.1) is 11.3 Å². The number of fused-ring (bicyclic) bond motifs is 1. The molecule has 3 nitrogen and oxygen atoms in total. The van der Waals surface area contributed by atoms with Gasteiger partial charge in [-0.2, -0.15) is 0 Å². The van der Waals surface area contributed by atoms with Gasteiger partial charge in [-0.3, -0.25) is 4.79 Å². The fourth-order valence-corrected chi connectivity index (χ4v) is 2.66. The fourth-order valence-electron chi connectivity index (χ4n) is 1.83. The van der Waals surface area contributed by atoms with E-state index in [1.54, 1.807) is 11.3 Å². The van der Waals surface area contributed by atoms with Crippen molar-refractivity contribution in [2.45, 2.75) is 25.7 Å². The molecule has 2 rings (SSSR count). The lowest BCUT2D eigenvalue weighted by atomic mass is 10.1. The lowest BCUT2D eigenvalue weighted by Gasteiger charge is -2.02. The van der Waals surface area contributed by atoms with Crippen molar-refractivity contribution in [1.29, 1.82) is 0 Å². The summed E-state index contributed by atoms with van der Waals surface area (Å²) in [6.07, 6.45) is 3.39. The van der Waals surface area contributed by atoms with Gasteiger partial charge < -0.3 is 4.74 Å². The largest absolute Gasteiger partial charge is 0.469 e. The second-order valence-electron chi connectivity index (χ2n) is 3.90. The standard InChI is InChI=1S/C13H15NO2S/c1-16-12(15)8-3-2-5-10-6-4-7-11-13(10)17-9-14-11/h4,6-7,9H,2-3,5,8H2,1H3. The summed E-state index contributed by atoms with van der Waals surface area (Å²) in [5.41, 5.74) is 4.28. The molecule has 1 aromatic heterocycles. The number of aryl methyl sites for hydroxylation is 1. The Morgan fingerprint density at radius 2 is 2.29 bits per heavy atom. The first-order valence-electron chi connectivity index (χ1n) is 5.69. The lowest BCUT2D eigenvalue weighted by molar-refractivity contribution is -0.140. The van der Waals surface area contributed by atoms with Gasteiger partial charge in [0.15, 0.2) is 0 Å². The zero-order valence-corrected chi connectivity index (χ0v) is 10.6. The SMILES string of the molecule is COC(=O)CCCCc1cccc2ncsc12. The van der Waals surface area contributed by atoms with E-state index in [2.05, 4.69) is 15.8 Å². The molecule has 4 heteroatoms. The molecule has 0 radical (unpaired) electrons. The number of carbonyl (C=O) groups is 1. The Morgan fingerprint density at radius 1 is 1.41 bits per heavy atom. The minimum absolute atomic E-state index is 0.124. The predicted molar refractivity (Wildman–Crippen MR) is 69.2 cm³/mol. The molecule has 0 aliphatic rings. The van der Waals surface area contributed by atoms with Crippen LogP contribution in [0.1, 0.15) is 24.8 Å². The highest BCUT2D eigenvalue weighted by molar-refractivity contribution is 7.16. The molecular weight excluding hydrogens is 234 g/mol. The first kappa shape index (κ1) is 12.0. The van der Waals surface area contributed by atoms with E-state index in [0.717, 1.165) is 24.8 Å². The van der Waals surface area contributed by atoms with Crippen molar-refractivity contribution in [3.63, 3.8) is 0 Å². The number of aromatic nitrogens is 1. The van der Waals surface area contributed by atoms with Crippen LogP contribution in [0.3, 0.4) is 0 Å². The number of methoxy groups -OCH3 is 1. The maximum atomic E-state index is 11.0. The molecule has 0 fully saturated rings. The van der Waals surface area contributed by atoms with E-state index in [0.29, 0.717) is 6.42 Å². The highest BCUT2D eigenvalue weighted by Gasteiger charge is 2.04. The average Bonchev–Trinajstić information content (AvgIpc) is 2.83. The number of unbranched alkanes of at least 4 members (excludes halogenated alkanes) is 1. The van der Waals surface area contributed by atoms with E-state index < -0.39 is 0 Å². The summed E-state index contributed by atoms with van der Waals surface area (Å²) in [7, 11) is 1.43. The van der Waals surface area contributed by atoms with Crippen LogP contribution in [0, 0.1) is 0 Å². The molecule has 0 atom stereocenters. The molecule has 0 saturated heterocycles. The minimum atomic E-state index is -0.124. The number of rotatable bonds is 5. The topological polar surface area (TPSA) is 39.2 Å². The van der Waals surface area contributed by atoms with Crippen molar-refractivity contribution in [2.24, 2.45) is 0 Å². The van der Waals surface area contributed by atoms with E-state index >= 15 is 0 Å². The number of benzene rings is 1. The van der Waals surface area contributed by atoms with Crippen LogP contribution in [0.15, 0.2) is 23.7 Å².